The highest BCUT2D eigenvalue weighted by Gasteiger charge is 2.38. The van der Waals surface area contributed by atoms with E-state index in [0.717, 1.165) is 0 Å². The second-order valence-electron chi connectivity index (χ2n) is 4.26. The van der Waals surface area contributed by atoms with Gasteiger partial charge >= 0.3 is 6.18 Å². The summed E-state index contributed by atoms with van der Waals surface area (Å²) in [5, 5.41) is 3.05. The van der Waals surface area contributed by atoms with E-state index in [9.17, 15) is 13.2 Å². The first-order valence-electron chi connectivity index (χ1n) is 5.75. The summed E-state index contributed by atoms with van der Waals surface area (Å²) in [6, 6.07) is 3.12. The largest absolute Gasteiger partial charge is 0.433 e. The summed E-state index contributed by atoms with van der Waals surface area (Å²) in [5.74, 6) is -0.106. The van der Waals surface area contributed by atoms with Crippen LogP contribution in [0.2, 0.25) is 5.02 Å². The van der Waals surface area contributed by atoms with Crippen molar-refractivity contribution in [3.05, 3.63) is 40.3 Å². The number of pyridine rings is 1. The number of rotatable bonds is 1. The van der Waals surface area contributed by atoms with Crippen molar-refractivity contribution < 1.29 is 13.2 Å². The minimum Gasteiger partial charge on any atom is -0.307 e. The first-order valence-corrected chi connectivity index (χ1v) is 6.13. The van der Waals surface area contributed by atoms with Gasteiger partial charge in [-0.25, -0.2) is 9.97 Å². The molecule has 3 heterocycles. The molecule has 4 nitrogen and oxygen atoms in total. The van der Waals surface area contributed by atoms with Crippen LogP contribution in [0.1, 0.15) is 17.0 Å². The van der Waals surface area contributed by atoms with Gasteiger partial charge < -0.3 is 5.32 Å². The lowest BCUT2D eigenvalue weighted by Crippen LogP contribution is -2.15. The summed E-state index contributed by atoms with van der Waals surface area (Å²) in [6.45, 7) is 0.388. The quantitative estimate of drug-likeness (QED) is 0.880. The number of fused-ring (bicyclic) bond motifs is 1. The molecule has 104 valence electrons. The second-order valence-corrected chi connectivity index (χ2v) is 4.66. The Bertz CT molecular complexity index is 672. The van der Waals surface area contributed by atoms with Gasteiger partial charge in [0, 0.05) is 24.8 Å². The van der Waals surface area contributed by atoms with Crippen LogP contribution in [0.15, 0.2) is 18.3 Å². The Hall–Kier alpha value is -1.73. The van der Waals surface area contributed by atoms with E-state index < -0.39 is 11.9 Å². The predicted molar refractivity (Wildman–Crippen MR) is 65.8 cm³/mol. The Labute approximate surface area is 117 Å². The number of halogens is 4. The Morgan fingerprint density at radius 1 is 1.20 bits per heavy atom. The number of hydrogen-bond acceptors (Lipinski definition) is 4. The molecule has 0 bridgehead atoms. The van der Waals surface area contributed by atoms with E-state index in [1.54, 1.807) is 6.07 Å². The van der Waals surface area contributed by atoms with Crippen LogP contribution in [0.4, 0.5) is 13.2 Å². The summed E-state index contributed by atoms with van der Waals surface area (Å²) in [6.07, 6.45) is -3.10. The van der Waals surface area contributed by atoms with Crippen LogP contribution < -0.4 is 5.32 Å². The molecule has 0 spiro atoms. The Morgan fingerprint density at radius 2 is 2.00 bits per heavy atom. The SMILES string of the molecule is FC(F)(F)c1nc(-c2ncccc2Cl)nc2c1CNC2. The van der Waals surface area contributed by atoms with Gasteiger partial charge in [-0.3, -0.25) is 4.98 Å². The van der Waals surface area contributed by atoms with Crippen LogP contribution in [0.25, 0.3) is 11.5 Å². The van der Waals surface area contributed by atoms with Crippen molar-refractivity contribution in [3.8, 4) is 11.5 Å². The average Bonchev–Trinajstić information content (AvgIpc) is 2.85. The first kappa shape index (κ1) is 13.3. The molecule has 3 rings (SSSR count). The van der Waals surface area contributed by atoms with E-state index in [1.807, 2.05) is 0 Å². The van der Waals surface area contributed by atoms with Crippen molar-refractivity contribution in [2.45, 2.75) is 19.3 Å². The second kappa shape index (κ2) is 4.68. The van der Waals surface area contributed by atoms with Crippen molar-refractivity contribution in [3.63, 3.8) is 0 Å². The maximum absolute atomic E-state index is 13.1. The molecule has 0 aliphatic carbocycles. The van der Waals surface area contributed by atoms with Gasteiger partial charge in [0.2, 0.25) is 0 Å². The lowest BCUT2D eigenvalue weighted by molar-refractivity contribution is -0.141. The normalized spacial score (nSPS) is 14.4. The maximum Gasteiger partial charge on any atom is 0.433 e. The molecule has 0 amide bonds. The number of nitrogens with one attached hydrogen (secondary N) is 1. The van der Waals surface area contributed by atoms with Crippen LogP contribution >= 0.6 is 11.6 Å². The van der Waals surface area contributed by atoms with Crippen LogP contribution in [0.5, 0.6) is 0 Å². The third-order valence-corrected chi connectivity index (χ3v) is 3.23. The van der Waals surface area contributed by atoms with Crippen molar-refractivity contribution in [1.82, 2.24) is 20.3 Å². The third-order valence-electron chi connectivity index (χ3n) is 2.93. The zero-order chi connectivity index (χ0) is 14.3. The van der Waals surface area contributed by atoms with Crippen LogP contribution in [0, 0.1) is 0 Å². The Morgan fingerprint density at radius 3 is 2.70 bits per heavy atom. The van der Waals surface area contributed by atoms with E-state index in [-0.39, 0.29) is 35.2 Å². The van der Waals surface area contributed by atoms with Crippen molar-refractivity contribution in [2.24, 2.45) is 0 Å². The third kappa shape index (κ3) is 2.23. The molecule has 0 fully saturated rings. The molecule has 2 aromatic rings. The Balaban J connectivity index is 2.22. The lowest BCUT2D eigenvalue weighted by Gasteiger charge is -2.12. The van der Waals surface area contributed by atoms with Gasteiger partial charge in [0.25, 0.3) is 0 Å². The molecule has 0 saturated heterocycles. The summed E-state index contributed by atoms with van der Waals surface area (Å²) in [4.78, 5) is 11.7. The van der Waals surface area contributed by atoms with Gasteiger partial charge in [0.15, 0.2) is 11.5 Å². The number of aromatic nitrogens is 3. The van der Waals surface area contributed by atoms with E-state index in [2.05, 4.69) is 20.3 Å². The van der Waals surface area contributed by atoms with E-state index >= 15 is 0 Å². The van der Waals surface area contributed by atoms with Gasteiger partial charge in [-0.15, -0.1) is 0 Å². The number of hydrogen-bond donors (Lipinski definition) is 1. The fourth-order valence-corrected chi connectivity index (χ4v) is 2.26. The van der Waals surface area contributed by atoms with Crippen molar-refractivity contribution >= 4 is 11.6 Å². The van der Waals surface area contributed by atoms with Gasteiger partial charge in [-0.05, 0) is 12.1 Å². The van der Waals surface area contributed by atoms with Gasteiger partial charge in [0.1, 0.15) is 5.69 Å². The van der Waals surface area contributed by atoms with E-state index in [1.165, 1.54) is 12.3 Å². The highest BCUT2D eigenvalue weighted by atomic mass is 35.5. The van der Waals surface area contributed by atoms with Crippen molar-refractivity contribution in [1.29, 1.82) is 0 Å². The molecule has 1 N–H and O–H groups in total. The molecule has 1 aliphatic rings. The monoisotopic (exact) mass is 300 g/mol. The molecule has 0 unspecified atom stereocenters. The zero-order valence-electron chi connectivity index (χ0n) is 10.00. The Kier molecular flexibility index (Phi) is 3.10. The summed E-state index contributed by atoms with van der Waals surface area (Å²) in [7, 11) is 0. The fourth-order valence-electron chi connectivity index (χ4n) is 2.06. The molecule has 2 aromatic heterocycles. The van der Waals surface area contributed by atoms with E-state index in [0.29, 0.717) is 5.69 Å². The molecular formula is C12H8ClF3N4. The van der Waals surface area contributed by atoms with Crippen LogP contribution in [-0.4, -0.2) is 15.0 Å². The maximum atomic E-state index is 13.1. The molecule has 0 saturated carbocycles. The summed E-state index contributed by atoms with van der Waals surface area (Å²) in [5.41, 5.74) is -0.351. The van der Waals surface area contributed by atoms with Gasteiger partial charge in [-0.1, -0.05) is 11.6 Å². The van der Waals surface area contributed by atoms with Crippen LogP contribution in [0.3, 0.4) is 0 Å². The number of nitrogens with zero attached hydrogens (tertiary/aromatic N) is 3. The van der Waals surface area contributed by atoms with Gasteiger partial charge in [-0.2, -0.15) is 13.2 Å². The predicted octanol–water partition coefficient (Wildman–Crippen LogP) is 2.81. The molecule has 20 heavy (non-hydrogen) atoms. The molecule has 8 heteroatoms. The van der Waals surface area contributed by atoms with Crippen LogP contribution in [-0.2, 0) is 19.3 Å². The minimum absolute atomic E-state index is 0.0910. The first-order chi connectivity index (χ1) is 9.47. The highest BCUT2D eigenvalue weighted by molar-refractivity contribution is 6.32. The minimum atomic E-state index is -4.53. The highest BCUT2D eigenvalue weighted by Crippen LogP contribution is 2.35. The molecule has 0 aromatic carbocycles. The summed E-state index contributed by atoms with van der Waals surface area (Å²) >= 11 is 5.94. The summed E-state index contributed by atoms with van der Waals surface area (Å²) < 4.78 is 39.2. The topological polar surface area (TPSA) is 50.7 Å². The standard InChI is InChI=1S/C12H8ClF3N4/c13-7-2-1-3-18-9(7)11-19-8-5-17-4-6(8)10(20-11)12(14,15)16/h1-3,17H,4-5H2. The van der Waals surface area contributed by atoms with Gasteiger partial charge in [0.05, 0.1) is 10.7 Å². The molecule has 1 aliphatic heterocycles. The number of alkyl halides is 3. The smallest absolute Gasteiger partial charge is 0.307 e. The molecule has 0 radical (unpaired) electrons. The molecular weight excluding hydrogens is 293 g/mol. The fraction of sp³-hybridized carbons (Fsp3) is 0.250. The van der Waals surface area contributed by atoms with Crippen molar-refractivity contribution in [2.75, 3.05) is 0 Å². The van der Waals surface area contributed by atoms with E-state index in [4.69, 9.17) is 11.6 Å². The zero-order valence-corrected chi connectivity index (χ0v) is 10.8. The lowest BCUT2D eigenvalue weighted by atomic mass is 10.1. The molecule has 0 atom stereocenters. The average molecular weight is 301 g/mol.